The molecular formula is C29H34ClN7O3. The summed E-state index contributed by atoms with van der Waals surface area (Å²) in [6.07, 6.45) is 17.2. The minimum Gasteiger partial charge on any atom is -0.388 e. The van der Waals surface area contributed by atoms with Crippen molar-refractivity contribution in [3.8, 4) is 23.6 Å². The van der Waals surface area contributed by atoms with Crippen LogP contribution in [0.2, 0.25) is 5.02 Å². The van der Waals surface area contributed by atoms with E-state index in [1.54, 1.807) is 25.6 Å². The van der Waals surface area contributed by atoms with Crippen molar-refractivity contribution in [3.63, 3.8) is 0 Å². The molecule has 0 spiro atoms. The first-order valence-corrected chi connectivity index (χ1v) is 14.2. The molecule has 40 heavy (non-hydrogen) atoms. The van der Waals surface area contributed by atoms with Crippen LogP contribution in [0.5, 0.6) is 0 Å². The number of nitrogens with zero attached hydrogens (tertiary/aromatic N) is 5. The van der Waals surface area contributed by atoms with Crippen molar-refractivity contribution in [2.45, 2.75) is 70.4 Å². The van der Waals surface area contributed by atoms with Gasteiger partial charge in [-0.05, 0) is 56.4 Å². The molecule has 210 valence electrons. The Morgan fingerprint density at radius 1 is 1.18 bits per heavy atom. The molecule has 1 atom stereocenters. The number of rotatable bonds is 7. The predicted octanol–water partition coefficient (Wildman–Crippen LogP) is 5.67. The second kappa shape index (κ2) is 12.3. The number of nitrogens with one attached hydrogen (secondary N) is 1. The van der Waals surface area contributed by atoms with Gasteiger partial charge in [-0.3, -0.25) is 10.4 Å². The van der Waals surface area contributed by atoms with E-state index in [1.807, 2.05) is 0 Å². The van der Waals surface area contributed by atoms with Crippen LogP contribution in [0.1, 0.15) is 75.5 Å². The summed E-state index contributed by atoms with van der Waals surface area (Å²) in [7, 11) is 1.73. The molecule has 3 aromatic heterocycles. The Hall–Kier alpha value is -3.55. The molecule has 2 fully saturated rings. The van der Waals surface area contributed by atoms with Crippen molar-refractivity contribution in [3.05, 3.63) is 35.1 Å². The normalized spacial score (nSPS) is 20.6. The molecule has 1 unspecified atom stereocenters. The van der Waals surface area contributed by atoms with Crippen LogP contribution in [0.3, 0.4) is 0 Å². The van der Waals surface area contributed by atoms with E-state index < -0.39 is 12.0 Å². The van der Waals surface area contributed by atoms with Gasteiger partial charge in [-0.1, -0.05) is 30.9 Å². The molecule has 0 aliphatic heterocycles. The van der Waals surface area contributed by atoms with E-state index in [0.29, 0.717) is 51.7 Å². The number of aromatic nitrogens is 5. The SMILES string of the molecule is C#CC1CCC(Cn2c(C(OC)C3CCCCC3)nc3nc(C(=N)OC(N)=O)nc(-c4cncc(Cl)c4)c32)CC1. The third kappa shape index (κ3) is 5.96. The number of ether oxygens (including phenoxy) is 2. The van der Waals surface area contributed by atoms with E-state index >= 15 is 0 Å². The number of amides is 1. The van der Waals surface area contributed by atoms with E-state index in [9.17, 15) is 4.79 Å². The lowest BCUT2D eigenvalue weighted by Crippen LogP contribution is -2.25. The molecule has 2 aliphatic carbocycles. The first-order valence-electron chi connectivity index (χ1n) is 13.8. The lowest BCUT2D eigenvalue weighted by Gasteiger charge is -2.31. The van der Waals surface area contributed by atoms with Gasteiger partial charge in [0.2, 0.25) is 5.82 Å². The van der Waals surface area contributed by atoms with Crippen LogP contribution in [-0.2, 0) is 16.0 Å². The van der Waals surface area contributed by atoms with Crippen molar-refractivity contribution in [1.82, 2.24) is 24.5 Å². The predicted molar refractivity (Wildman–Crippen MR) is 152 cm³/mol. The summed E-state index contributed by atoms with van der Waals surface area (Å²) in [6.45, 7) is 0.703. The summed E-state index contributed by atoms with van der Waals surface area (Å²) in [5.41, 5.74) is 7.37. The van der Waals surface area contributed by atoms with Crippen molar-refractivity contribution >= 4 is 34.8 Å². The van der Waals surface area contributed by atoms with Gasteiger partial charge in [-0.2, -0.15) is 0 Å². The molecule has 3 aromatic rings. The maximum absolute atomic E-state index is 11.4. The molecule has 2 aliphatic rings. The summed E-state index contributed by atoms with van der Waals surface area (Å²) < 4.78 is 13.2. The molecule has 2 saturated carbocycles. The Labute approximate surface area is 238 Å². The molecule has 10 nitrogen and oxygen atoms in total. The molecule has 0 aromatic carbocycles. The topological polar surface area (TPSA) is 142 Å². The number of primary amides is 1. The number of pyridine rings is 1. The molecule has 1 amide bonds. The van der Waals surface area contributed by atoms with Crippen molar-refractivity contribution in [2.24, 2.45) is 23.5 Å². The minimum atomic E-state index is -1.12. The van der Waals surface area contributed by atoms with Gasteiger partial charge in [-0.25, -0.2) is 19.7 Å². The fourth-order valence-electron chi connectivity index (χ4n) is 6.16. The average Bonchev–Trinajstić information content (AvgIpc) is 3.31. The van der Waals surface area contributed by atoms with Gasteiger partial charge in [0.25, 0.3) is 5.90 Å². The number of fused-ring (bicyclic) bond motifs is 1. The zero-order chi connectivity index (χ0) is 28.2. The van der Waals surface area contributed by atoms with Gasteiger partial charge in [0.1, 0.15) is 23.1 Å². The molecule has 5 rings (SSSR count). The Kier molecular flexibility index (Phi) is 8.62. The zero-order valence-corrected chi connectivity index (χ0v) is 23.4. The molecule has 0 saturated heterocycles. The lowest BCUT2D eigenvalue weighted by atomic mass is 9.82. The van der Waals surface area contributed by atoms with E-state index in [4.69, 9.17) is 43.6 Å². The van der Waals surface area contributed by atoms with E-state index in [-0.39, 0.29) is 11.9 Å². The summed E-state index contributed by atoms with van der Waals surface area (Å²) in [6, 6.07) is 1.75. The standard InChI is InChI=1S/C29H34ClN7O3/c1-3-17-9-11-18(12-10-17)16-37-23-22(20-13-21(30)15-33-14-20)34-27(25(31)40-29(32)38)35-26(23)36-28(37)24(39-2)19-7-5-4-6-8-19/h1,13-15,17-19,24,31H,4-12,16H2,2H3,(H2,32,38). The number of nitrogens with two attached hydrogens (primary N) is 1. The van der Waals surface area contributed by atoms with Crippen molar-refractivity contribution in [2.75, 3.05) is 7.11 Å². The van der Waals surface area contributed by atoms with Crippen LogP contribution < -0.4 is 5.73 Å². The second-order valence-corrected chi connectivity index (χ2v) is 11.2. The zero-order valence-electron chi connectivity index (χ0n) is 22.6. The fourth-order valence-corrected chi connectivity index (χ4v) is 6.33. The van der Waals surface area contributed by atoms with Gasteiger partial charge in [-0.15, -0.1) is 12.3 Å². The van der Waals surface area contributed by atoms with Crippen LogP contribution in [0.25, 0.3) is 22.4 Å². The minimum absolute atomic E-state index is 0.112. The highest BCUT2D eigenvalue weighted by Gasteiger charge is 2.33. The van der Waals surface area contributed by atoms with Crippen LogP contribution in [0, 0.1) is 35.5 Å². The fraction of sp³-hybridized carbons (Fsp3) is 0.517. The number of hydrogen-bond acceptors (Lipinski definition) is 8. The van der Waals surface area contributed by atoms with Gasteiger partial charge < -0.3 is 19.8 Å². The van der Waals surface area contributed by atoms with Gasteiger partial charge >= 0.3 is 6.09 Å². The third-order valence-electron chi connectivity index (χ3n) is 8.13. The van der Waals surface area contributed by atoms with Crippen LogP contribution in [0.15, 0.2) is 18.5 Å². The van der Waals surface area contributed by atoms with E-state index in [0.717, 1.165) is 57.2 Å². The average molecular weight is 564 g/mol. The van der Waals surface area contributed by atoms with Gasteiger partial charge in [0.15, 0.2) is 5.65 Å². The number of hydrogen-bond donors (Lipinski definition) is 2. The Morgan fingerprint density at radius 3 is 2.58 bits per heavy atom. The lowest BCUT2D eigenvalue weighted by molar-refractivity contribution is 0.0259. The third-order valence-corrected chi connectivity index (χ3v) is 8.33. The highest BCUT2D eigenvalue weighted by atomic mass is 35.5. The number of carbonyl (C=O) groups is 1. The van der Waals surface area contributed by atoms with Crippen LogP contribution >= 0.6 is 11.6 Å². The molecule has 0 radical (unpaired) electrons. The highest BCUT2D eigenvalue weighted by Crippen LogP contribution is 2.40. The Morgan fingerprint density at radius 2 is 1.93 bits per heavy atom. The Balaban J connectivity index is 1.70. The summed E-state index contributed by atoms with van der Waals surface area (Å²) in [4.78, 5) is 29.9. The molecule has 0 bridgehead atoms. The number of carbonyl (C=O) groups excluding carboxylic acids is 1. The second-order valence-electron chi connectivity index (χ2n) is 10.7. The molecule has 11 heteroatoms. The van der Waals surface area contributed by atoms with Crippen LogP contribution in [-0.4, -0.2) is 43.6 Å². The first kappa shape index (κ1) is 28.0. The summed E-state index contributed by atoms with van der Waals surface area (Å²) in [5.74, 6) is 4.06. The van der Waals surface area contributed by atoms with Gasteiger partial charge in [0.05, 0.1) is 5.02 Å². The van der Waals surface area contributed by atoms with E-state index in [1.165, 1.54) is 6.42 Å². The number of halogens is 1. The quantitative estimate of drug-likeness (QED) is 0.214. The molecular weight excluding hydrogens is 530 g/mol. The molecule has 3 heterocycles. The van der Waals surface area contributed by atoms with Crippen molar-refractivity contribution in [1.29, 1.82) is 5.41 Å². The Bertz CT molecular complexity index is 1440. The molecule has 3 N–H and O–H groups in total. The maximum Gasteiger partial charge on any atom is 0.411 e. The number of terminal acetylenes is 1. The summed E-state index contributed by atoms with van der Waals surface area (Å²) in [5, 5.41) is 8.69. The van der Waals surface area contributed by atoms with Gasteiger partial charge in [0, 0.05) is 37.5 Å². The first-order chi connectivity index (χ1) is 19.4. The van der Waals surface area contributed by atoms with Crippen LogP contribution in [0.4, 0.5) is 4.79 Å². The highest BCUT2D eigenvalue weighted by molar-refractivity contribution is 6.30. The number of imidazole rings is 1. The van der Waals surface area contributed by atoms with Crippen molar-refractivity contribution < 1.29 is 14.3 Å². The largest absolute Gasteiger partial charge is 0.411 e. The van der Waals surface area contributed by atoms with E-state index in [2.05, 4.69) is 25.4 Å². The monoisotopic (exact) mass is 563 g/mol. The summed E-state index contributed by atoms with van der Waals surface area (Å²) >= 11 is 6.33. The maximum atomic E-state index is 11.4. The smallest absolute Gasteiger partial charge is 0.388 e. The number of methoxy groups -OCH3 is 1.